The molecule has 0 bridgehead atoms. The Bertz CT molecular complexity index is 414. The summed E-state index contributed by atoms with van der Waals surface area (Å²) in [7, 11) is 0. The number of thioether (sulfide) groups is 1. The lowest BCUT2D eigenvalue weighted by Crippen LogP contribution is -1.84. The first-order valence-electron chi connectivity index (χ1n) is 5.62. The van der Waals surface area contributed by atoms with E-state index in [0.717, 1.165) is 11.5 Å². The number of aryl methyl sites for hydroxylation is 1. The van der Waals surface area contributed by atoms with Crippen molar-refractivity contribution in [3.63, 3.8) is 0 Å². The van der Waals surface area contributed by atoms with Gasteiger partial charge >= 0.3 is 0 Å². The molecule has 0 spiro atoms. The van der Waals surface area contributed by atoms with E-state index in [2.05, 4.69) is 31.2 Å². The van der Waals surface area contributed by atoms with E-state index in [1.54, 1.807) is 0 Å². The molecule has 0 aromatic heterocycles. The van der Waals surface area contributed by atoms with Gasteiger partial charge in [-0.25, -0.2) is 4.39 Å². The van der Waals surface area contributed by atoms with Crippen LogP contribution >= 0.6 is 11.8 Å². The minimum atomic E-state index is -0.169. The van der Waals surface area contributed by atoms with Gasteiger partial charge in [0.15, 0.2) is 0 Å². The van der Waals surface area contributed by atoms with Crippen LogP contribution in [0.1, 0.15) is 16.7 Å². The Kier molecular flexibility index (Phi) is 4.21. The van der Waals surface area contributed by atoms with E-state index in [1.165, 1.54) is 28.8 Å². The zero-order valence-corrected chi connectivity index (χ0v) is 10.6. The Balaban J connectivity index is 1.83. The highest BCUT2D eigenvalue weighted by atomic mass is 32.2. The molecule has 2 heteroatoms. The van der Waals surface area contributed by atoms with Crippen LogP contribution in [0.4, 0.5) is 4.39 Å². The Morgan fingerprint density at radius 3 is 1.82 bits per heavy atom. The van der Waals surface area contributed by atoms with Crippen molar-refractivity contribution in [2.75, 3.05) is 0 Å². The Labute approximate surface area is 106 Å². The first kappa shape index (κ1) is 12.2. The summed E-state index contributed by atoms with van der Waals surface area (Å²) in [6.07, 6.45) is 0. The fourth-order valence-electron chi connectivity index (χ4n) is 1.55. The van der Waals surface area contributed by atoms with Crippen molar-refractivity contribution < 1.29 is 4.39 Å². The molecule has 0 atom stereocenters. The molecule has 88 valence electrons. The second kappa shape index (κ2) is 5.87. The predicted molar refractivity (Wildman–Crippen MR) is 72.6 cm³/mol. The van der Waals surface area contributed by atoms with Gasteiger partial charge in [-0.2, -0.15) is 11.8 Å². The van der Waals surface area contributed by atoms with Crippen LogP contribution in [0.15, 0.2) is 48.5 Å². The van der Waals surface area contributed by atoms with Crippen molar-refractivity contribution in [3.05, 3.63) is 71.0 Å². The summed E-state index contributed by atoms with van der Waals surface area (Å²) in [4.78, 5) is 0. The molecule has 0 aliphatic rings. The van der Waals surface area contributed by atoms with Gasteiger partial charge in [-0.15, -0.1) is 0 Å². The van der Waals surface area contributed by atoms with Gasteiger partial charge in [-0.3, -0.25) is 0 Å². The predicted octanol–water partition coefficient (Wildman–Crippen LogP) is 4.57. The second-order valence-electron chi connectivity index (χ2n) is 4.10. The SMILES string of the molecule is Cc1ccc(CSCc2ccc(F)cc2)cc1. The molecule has 0 heterocycles. The molecule has 0 unspecified atom stereocenters. The molecule has 2 rings (SSSR count). The lowest BCUT2D eigenvalue weighted by atomic mass is 10.2. The summed E-state index contributed by atoms with van der Waals surface area (Å²) in [5.41, 5.74) is 3.79. The highest BCUT2D eigenvalue weighted by Crippen LogP contribution is 2.18. The van der Waals surface area contributed by atoms with Crippen LogP contribution in [-0.2, 0) is 11.5 Å². The second-order valence-corrected chi connectivity index (χ2v) is 5.09. The van der Waals surface area contributed by atoms with Crippen molar-refractivity contribution >= 4 is 11.8 Å². The van der Waals surface area contributed by atoms with Crippen LogP contribution in [0.25, 0.3) is 0 Å². The summed E-state index contributed by atoms with van der Waals surface area (Å²) in [6, 6.07) is 15.3. The fourth-order valence-corrected chi connectivity index (χ4v) is 2.51. The highest BCUT2D eigenvalue weighted by molar-refractivity contribution is 7.97. The van der Waals surface area contributed by atoms with Gasteiger partial charge in [0.05, 0.1) is 0 Å². The standard InChI is InChI=1S/C15H15FS/c1-12-2-4-13(5-3-12)10-17-11-14-6-8-15(16)9-7-14/h2-9H,10-11H2,1H3. The molecular weight excluding hydrogens is 231 g/mol. The number of hydrogen-bond acceptors (Lipinski definition) is 1. The first-order valence-corrected chi connectivity index (χ1v) is 6.77. The average Bonchev–Trinajstić information content (AvgIpc) is 2.34. The molecule has 2 aromatic rings. The van der Waals surface area contributed by atoms with E-state index in [0.29, 0.717) is 0 Å². The maximum absolute atomic E-state index is 12.7. The summed E-state index contributed by atoms with van der Waals surface area (Å²) >= 11 is 1.85. The van der Waals surface area contributed by atoms with Gasteiger partial charge in [0, 0.05) is 11.5 Å². The Hall–Kier alpha value is -1.28. The topological polar surface area (TPSA) is 0 Å². The van der Waals surface area contributed by atoms with Crippen molar-refractivity contribution in [1.82, 2.24) is 0 Å². The maximum Gasteiger partial charge on any atom is 0.123 e. The molecule has 17 heavy (non-hydrogen) atoms. The monoisotopic (exact) mass is 246 g/mol. The third-order valence-electron chi connectivity index (χ3n) is 2.57. The minimum Gasteiger partial charge on any atom is -0.207 e. The normalized spacial score (nSPS) is 10.5. The lowest BCUT2D eigenvalue weighted by Gasteiger charge is -2.03. The molecule has 0 aliphatic carbocycles. The van der Waals surface area contributed by atoms with Crippen LogP contribution in [0.2, 0.25) is 0 Å². The molecule has 0 radical (unpaired) electrons. The first-order chi connectivity index (χ1) is 8.24. The van der Waals surface area contributed by atoms with E-state index in [9.17, 15) is 4.39 Å². The van der Waals surface area contributed by atoms with Crippen LogP contribution in [-0.4, -0.2) is 0 Å². The summed E-state index contributed by atoms with van der Waals surface area (Å²) in [5, 5.41) is 0. The molecule has 0 fully saturated rings. The third-order valence-corrected chi connectivity index (χ3v) is 3.65. The lowest BCUT2D eigenvalue weighted by molar-refractivity contribution is 0.627. The van der Waals surface area contributed by atoms with Gasteiger partial charge in [-0.1, -0.05) is 42.0 Å². The van der Waals surface area contributed by atoms with Gasteiger partial charge < -0.3 is 0 Å². The number of halogens is 1. The molecule has 0 nitrogen and oxygen atoms in total. The quantitative estimate of drug-likeness (QED) is 0.761. The van der Waals surface area contributed by atoms with Crippen LogP contribution in [0.3, 0.4) is 0 Å². The smallest absolute Gasteiger partial charge is 0.123 e. The van der Waals surface area contributed by atoms with Gasteiger partial charge in [0.25, 0.3) is 0 Å². The fraction of sp³-hybridized carbons (Fsp3) is 0.200. The third kappa shape index (κ3) is 3.90. The van der Waals surface area contributed by atoms with Crippen molar-refractivity contribution in [2.24, 2.45) is 0 Å². The molecule has 0 N–H and O–H groups in total. The zero-order chi connectivity index (χ0) is 12.1. The van der Waals surface area contributed by atoms with E-state index >= 15 is 0 Å². The number of hydrogen-bond donors (Lipinski definition) is 0. The van der Waals surface area contributed by atoms with Crippen molar-refractivity contribution in [2.45, 2.75) is 18.4 Å². The highest BCUT2D eigenvalue weighted by Gasteiger charge is 1.96. The van der Waals surface area contributed by atoms with Crippen LogP contribution in [0.5, 0.6) is 0 Å². The molecule has 0 saturated heterocycles. The van der Waals surface area contributed by atoms with E-state index in [4.69, 9.17) is 0 Å². The number of benzene rings is 2. The maximum atomic E-state index is 12.7. The summed E-state index contributed by atoms with van der Waals surface area (Å²) < 4.78 is 12.7. The van der Waals surface area contributed by atoms with Gasteiger partial charge in [-0.05, 0) is 30.2 Å². The average molecular weight is 246 g/mol. The largest absolute Gasteiger partial charge is 0.207 e. The van der Waals surface area contributed by atoms with E-state index < -0.39 is 0 Å². The zero-order valence-electron chi connectivity index (χ0n) is 9.82. The number of rotatable bonds is 4. The van der Waals surface area contributed by atoms with Crippen molar-refractivity contribution in [3.8, 4) is 0 Å². The molecule has 2 aromatic carbocycles. The summed E-state index contributed by atoms with van der Waals surface area (Å²) in [5.74, 6) is 1.75. The van der Waals surface area contributed by atoms with Gasteiger partial charge in [0.2, 0.25) is 0 Å². The molecular formula is C15H15FS. The molecule has 0 saturated carbocycles. The Morgan fingerprint density at radius 1 is 0.824 bits per heavy atom. The van der Waals surface area contributed by atoms with E-state index in [-0.39, 0.29) is 5.82 Å². The van der Waals surface area contributed by atoms with Gasteiger partial charge in [0.1, 0.15) is 5.82 Å². The van der Waals surface area contributed by atoms with Crippen LogP contribution < -0.4 is 0 Å². The van der Waals surface area contributed by atoms with Crippen LogP contribution in [0, 0.1) is 12.7 Å². The molecule has 0 amide bonds. The minimum absolute atomic E-state index is 0.169. The Morgan fingerprint density at radius 2 is 1.29 bits per heavy atom. The molecule has 0 aliphatic heterocycles. The van der Waals surface area contributed by atoms with Crippen molar-refractivity contribution in [1.29, 1.82) is 0 Å². The summed E-state index contributed by atoms with van der Waals surface area (Å²) in [6.45, 7) is 2.09. The van der Waals surface area contributed by atoms with E-state index in [1.807, 2.05) is 23.9 Å².